The van der Waals surface area contributed by atoms with E-state index < -0.39 is 31.2 Å². The SMILES string of the molecule is CC(CO)c1ccc(-c2ccc(C(O)C(CF)NC(=O)C(F)F)cc2)cn1. The average Bonchev–Trinajstić information content (AvgIpc) is 2.70. The van der Waals surface area contributed by atoms with E-state index in [1.165, 1.54) is 12.1 Å². The van der Waals surface area contributed by atoms with E-state index in [2.05, 4.69) is 4.98 Å². The van der Waals surface area contributed by atoms with E-state index in [9.17, 15) is 23.1 Å². The highest BCUT2D eigenvalue weighted by molar-refractivity contribution is 5.79. The molecule has 0 aliphatic heterocycles. The van der Waals surface area contributed by atoms with E-state index in [0.29, 0.717) is 0 Å². The van der Waals surface area contributed by atoms with E-state index in [1.807, 2.05) is 13.0 Å². The van der Waals surface area contributed by atoms with Crippen molar-refractivity contribution in [1.82, 2.24) is 10.3 Å². The van der Waals surface area contributed by atoms with Crippen LogP contribution in [-0.2, 0) is 4.79 Å². The Kier molecular flexibility index (Phi) is 7.32. The van der Waals surface area contributed by atoms with Crippen LogP contribution in [0.25, 0.3) is 11.1 Å². The Morgan fingerprint density at radius 1 is 1.15 bits per heavy atom. The van der Waals surface area contributed by atoms with Gasteiger partial charge in [-0.25, -0.2) is 4.39 Å². The zero-order valence-electron chi connectivity index (χ0n) is 14.6. The lowest BCUT2D eigenvalue weighted by molar-refractivity contribution is -0.133. The van der Waals surface area contributed by atoms with Gasteiger partial charge in [-0.15, -0.1) is 0 Å². The van der Waals surface area contributed by atoms with Crippen LogP contribution >= 0.6 is 0 Å². The van der Waals surface area contributed by atoms with Crippen LogP contribution < -0.4 is 5.32 Å². The first kappa shape index (κ1) is 20.9. The molecule has 3 atom stereocenters. The number of hydrogen-bond acceptors (Lipinski definition) is 4. The van der Waals surface area contributed by atoms with Gasteiger partial charge in [0.25, 0.3) is 5.91 Å². The first-order chi connectivity index (χ1) is 12.9. The summed E-state index contributed by atoms with van der Waals surface area (Å²) in [4.78, 5) is 15.3. The Morgan fingerprint density at radius 3 is 2.26 bits per heavy atom. The van der Waals surface area contributed by atoms with Gasteiger partial charge in [-0.2, -0.15) is 8.78 Å². The number of carbonyl (C=O) groups is 1. The summed E-state index contributed by atoms with van der Waals surface area (Å²) in [6, 6.07) is 8.59. The largest absolute Gasteiger partial charge is 0.396 e. The lowest BCUT2D eigenvalue weighted by atomic mass is 9.99. The van der Waals surface area contributed by atoms with Crippen LogP contribution in [0.1, 0.15) is 30.2 Å². The van der Waals surface area contributed by atoms with Gasteiger partial charge in [0.05, 0.1) is 12.6 Å². The third-order valence-corrected chi connectivity index (χ3v) is 4.22. The fourth-order valence-corrected chi connectivity index (χ4v) is 2.51. The van der Waals surface area contributed by atoms with Gasteiger partial charge in [0.2, 0.25) is 0 Å². The smallest absolute Gasteiger partial charge is 0.315 e. The molecule has 2 rings (SSSR count). The predicted octanol–water partition coefficient (Wildman–Crippen LogP) is 2.60. The molecule has 27 heavy (non-hydrogen) atoms. The summed E-state index contributed by atoms with van der Waals surface area (Å²) in [5, 5.41) is 21.1. The molecule has 0 bridgehead atoms. The number of carbonyl (C=O) groups excluding carboxylic acids is 1. The van der Waals surface area contributed by atoms with E-state index in [4.69, 9.17) is 5.11 Å². The number of benzene rings is 1. The van der Waals surface area contributed by atoms with E-state index in [0.717, 1.165) is 16.8 Å². The standard InChI is InChI=1S/C19H21F3N2O3/c1-11(10-25)15-7-6-14(9-23-15)12-2-4-13(5-3-12)17(26)16(8-20)24-19(27)18(21)22/h2-7,9,11,16-18,25-26H,8,10H2,1H3,(H,24,27). The molecule has 0 radical (unpaired) electrons. The summed E-state index contributed by atoms with van der Waals surface area (Å²) < 4.78 is 37.6. The number of aliphatic hydroxyl groups is 2. The minimum Gasteiger partial charge on any atom is -0.396 e. The number of halogens is 3. The van der Waals surface area contributed by atoms with Gasteiger partial charge in [-0.3, -0.25) is 9.78 Å². The molecule has 0 saturated heterocycles. The number of amides is 1. The van der Waals surface area contributed by atoms with Crippen LogP contribution in [0.15, 0.2) is 42.6 Å². The summed E-state index contributed by atoms with van der Waals surface area (Å²) in [5.74, 6) is -1.70. The Morgan fingerprint density at radius 2 is 1.78 bits per heavy atom. The topological polar surface area (TPSA) is 82.5 Å². The van der Waals surface area contributed by atoms with Crippen LogP contribution in [0.2, 0.25) is 0 Å². The van der Waals surface area contributed by atoms with Gasteiger partial charge in [0.15, 0.2) is 0 Å². The summed E-state index contributed by atoms with van der Waals surface area (Å²) in [5.41, 5.74) is 2.64. The second-order valence-corrected chi connectivity index (χ2v) is 6.19. The van der Waals surface area contributed by atoms with Crippen LogP contribution in [0, 0.1) is 0 Å². The number of pyridine rings is 1. The molecule has 0 fully saturated rings. The molecule has 0 aliphatic carbocycles. The maximum atomic E-state index is 13.0. The summed E-state index contributed by atoms with van der Waals surface area (Å²) in [7, 11) is 0. The normalized spacial score (nSPS) is 14.6. The van der Waals surface area contributed by atoms with Crippen LogP contribution in [0.5, 0.6) is 0 Å². The van der Waals surface area contributed by atoms with E-state index in [1.54, 1.807) is 29.7 Å². The third-order valence-electron chi connectivity index (χ3n) is 4.22. The fraction of sp³-hybridized carbons (Fsp3) is 0.368. The van der Waals surface area contributed by atoms with Crippen molar-refractivity contribution in [1.29, 1.82) is 0 Å². The molecule has 3 unspecified atom stereocenters. The lowest BCUT2D eigenvalue weighted by Crippen LogP contribution is -2.43. The fourth-order valence-electron chi connectivity index (χ4n) is 2.51. The Bertz CT molecular complexity index is 739. The molecule has 3 N–H and O–H groups in total. The highest BCUT2D eigenvalue weighted by atomic mass is 19.3. The van der Waals surface area contributed by atoms with Crippen molar-refractivity contribution in [2.24, 2.45) is 0 Å². The maximum Gasteiger partial charge on any atom is 0.315 e. The zero-order valence-corrected chi connectivity index (χ0v) is 14.6. The number of aromatic nitrogens is 1. The Labute approximate surface area is 154 Å². The second-order valence-electron chi connectivity index (χ2n) is 6.19. The molecule has 8 heteroatoms. The van der Waals surface area contributed by atoms with Crippen molar-refractivity contribution in [3.05, 3.63) is 53.9 Å². The number of alkyl halides is 3. The summed E-state index contributed by atoms with van der Waals surface area (Å²) in [6.45, 7) is 0.666. The highest BCUT2D eigenvalue weighted by Crippen LogP contribution is 2.24. The Balaban J connectivity index is 2.12. The van der Waals surface area contributed by atoms with Gasteiger partial charge in [0, 0.05) is 23.4 Å². The molecule has 5 nitrogen and oxygen atoms in total. The molecular formula is C19H21F3N2O3. The predicted molar refractivity (Wildman–Crippen MR) is 94.0 cm³/mol. The number of nitrogens with one attached hydrogen (secondary N) is 1. The van der Waals surface area contributed by atoms with Crippen molar-refractivity contribution in [2.75, 3.05) is 13.3 Å². The average molecular weight is 382 g/mol. The molecule has 0 aliphatic rings. The molecule has 2 aromatic rings. The molecule has 0 saturated carbocycles. The van der Waals surface area contributed by atoms with Gasteiger partial charge in [-0.05, 0) is 17.2 Å². The number of nitrogens with zero attached hydrogens (tertiary/aromatic N) is 1. The van der Waals surface area contributed by atoms with Crippen molar-refractivity contribution in [3.8, 4) is 11.1 Å². The maximum absolute atomic E-state index is 13.0. The number of hydrogen-bond donors (Lipinski definition) is 3. The summed E-state index contributed by atoms with van der Waals surface area (Å²) >= 11 is 0. The zero-order chi connectivity index (χ0) is 20.0. The van der Waals surface area contributed by atoms with Crippen molar-refractivity contribution < 1.29 is 28.2 Å². The first-order valence-corrected chi connectivity index (χ1v) is 8.37. The van der Waals surface area contributed by atoms with Gasteiger partial charge < -0.3 is 15.5 Å². The van der Waals surface area contributed by atoms with Gasteiger partial charge in [-0.1, -0.05) is 37.3 Å². The number of rotatable bonds is 8. The molecule has 146 valence electrons. The quantitative estimate of drug-likeness (QED) is 0.656. The third kappa shape index (κ3) is 5.27. The van der Waals surface area contributed by atoms with Crippen LogP contribution in [-0.4, -0.2) is 46.9 Å². The monoisotopic (exact) mass is 382 g/mol. The van der Waals surface area contributed by atoms with Crippen LogP contribution in [0.3, 0.4) is 0 Å². The molecule has 1 aromatic heterocycles. The second kappa shape index (κ2) is 9.48. The minimum atomic E-state index is -3.28. The van der Waals surface area contributed by atoms with Crippen molar-refractivity contribution in [3.63, 3.8) is 0 Å². The first-order valence-electron chi connectivity index (χ1n) is 8.37. The van der Waals surface area contributed by atoms with Crippen molar-refractivity contribution in [2.45, 2.75) is 31.4 Å². The lowest BCUT2D eigenvalue weighted by Gasteiger charge is -2.22. The highest BCUT2D eigenvalue weighted by Gasteiger charge is 2.26. The molecular weight excluding hydrogens is 361 g/mol. The van der Waals surface area contributed by atoms with Gasteiger partial charge >= 0.3 is 6.43 Å². The molecule has 1 aromatic carbocycles. The van der Waals surface area contributed by atoms with Gasteiger partial charge in [0.1, 0.15) is 12.8 Å². The molecule has 1 amide bonds. The molecule has 0 spiro atoms. The number of aliphatic hydroxyl groups excluding tert-OH is 2. The van der Waals surface area contributed by atoms with E-state index in [-0.39, 0.29) is 18.1 Å². The Hall–Kier alpha value is -2.45. The summed E-state index contributed by atoms with van der Waals surface area (Å²) in [6.07, 6.45) is -3.09. The molecule has 1 heterocycles. The minimum absolute atomic E-state index is 0.00321. The van der Waals surface area contributed by atoms with Crippen molar-refractivity contribution >= 4 is 5.91 Å². The van der Waals surface area contributed by atoms with E-state index >= 15 is 0 Å². The van der Waals surface area contributed by atoms with Crippen LogP contribution in [0.4, 0.5) is 13.2 Å².